The smallest absolute Gasteiger partial charge is 0.244 e. The normalized spacial score (nSPS) is 12.2. The first kappa shape index (κ1) is 25.2. The van der Waals surface area contributed by atoms with Crippen LogP contribution in [0.5, 0.6) is 0 Å². The van der Waals surface area contributed by atoms with E-state index in [-0.39, 0.29) is 12.5 Å². The second-order valence-corrected chi connectivity index (χ2v) is 10.1. The van der Waals surface area contributed by atoms with Crippen molar-refractivity contribution in [2.75, 3.05) is 23.7 Å². The Labute approximate surface area is 201 Å². The molecule has 0 fully saturated rings. The Bertz CT molecular complexity index is 1240. The van der Waals surface area contributed by atoms with Crippen LogP contribution in [0, 0.1) is 0 Å². The third-order valence-corrected chi connectivity index (χ3v) is 6.75. The lowest BCUT2D eigenvalue weighted by atomic mass is 10.1. The highest BCUT2D eigenvalue weighted by molar-refractivity contribution is 7.92. The fourth-order valence-electron chi connectivity index (χ4n) is 3.78. The number of nitrogens with one attached hydrogen (secondary N) is 1. The van der Waals surface area contributed by atoms with Gasteiger partial charge in [-0.15, -0.1) is 0 Å². The van der Waals surface area contributed by atoms with Crippen molar-refractivity contribution in [1.29, 1.82) is 0 Å². The van der Waals surface area contributed by atoms with E-state index in [4.69, 9.17) is 0 Å². The zero-order valence-corrected chi connectivity index (χ0v) is 20.6. The van der Waals surface area contributed by atoms with E-state index in [1.807, 2.05) is 67.6 Å². The molecule has 0 spiro atoms. The summed E-state index contributed by atoms with van der Waals surface area (Å²) in [6.07, 6.45) is 1.86. The number of hydrogen-bond donors (Lipinski definition) is 1. The van der Waals surface area contributed by atoms with Gasteiger partial charge in [0.25, 0.3) is 0 Å². The van der Waals surface area contributed by atoms with Gasteiger partial charge in [-0.05, 0) is 30.4 Å². The topological polar surface area (TPSA) is 86.8 Å². The van der Waals surface area contributed by atoms with Gasteiger partial charge in [0.15, 0.2) is 0 Å². The number of hydrogen-bond acceptors (Lipinski definition) is 4. The van der Waals surface area contributed by atoms with Crippen molar-refractivity contribution >= 4 is 38.3 Å². The Morgan fingerprint density at radius 1 is 0.941 bits per heavy atom. The van der Waals surface area contributed by atoms with E-state index in [1.165, 1.54) is 4.90 Å². The minimum absolute atomic E-state index is 0.188. The van der Waals surface area contributed by atoms with Gasteiger partial charge in [0.2, 0.25) is 21.8 Å². The fraction of sp³-hybridized carbons (Fsp3) is 0.308. The van der Waals surface area contributed by atoms with Gasteiger partial charge >= 0.3 is 0 Å². The summed E-state index contributed by atoms with van der Waals surface area (Å²) in [6.45, 7) is 3.89. The van der Waals surface area contributed by atoms with Crippen molar-refractivity contribution in [3.63, 3.8) is 0 Å². The highest BCUT2D eigenvalue weighted by Crippen LogP contribution is 2.28. The molecule has 8 heteroatoms. The Morgan fingerprint density at radius 3 is 2.26 bits per heavy atom. The van der Waals surface area contributed by atoms with E-state index < -0.39 is 28.5 Å². The van der Waals surface area contributed by atoms with Crippen LogP contribution in [0.15, 0.2) is 72.8 Å². The van der Waals surface area contributed by atoms with Crippen LogP contribution in [-0.4, -0.2) is 50.5 Å². The van der Waals surface area contributed by atoms with Gasteiger partial charge in [-0.25, -0.2) is 8.42 Å². The van der Waals surface area contributed by atoms with E-state index in [2.05, 4.69) is 5.32 Å². The second-order valence-electron chi connectivity index (χ2n) is 8.24. The van der Waals surface area contributed by atoms with Crippen LogP contribution in [0.25, 0.3) is 10.8 Å². The molecule has 34 heavy (non-hydrogen) atoms. The average molecular weight is 482 g/mol. The van der Waals surface area contributed by atoms with Crippen LogP contribution in [0.4, 0.5) is 5.69 Å². The molecule has 0 saturated heterocycles. The largest absolute Gasteiger partial charge is 0.354 e. The first-order valence-electron chi connectivity index (χ1n) is 11.3. The van der Waals surface area contributed by atoms with Gasteiger partial charge in [0, 0.05) is 18.5 Å². The molecule has 0 radical (unpaired) electrons. The molecular formula is C26H31N3O4S. The lowest BCUT2D eigenvalue weighted by Crippen LogP contribution is -2.51. The van der Waals surface area contributed by atoms with Crippen molar-refractivity contribution in [2.45, 2.75) is 32.9 Å². The number of rotatable bonds is 10. The summed E-state index contributed by atoms with van der Waals surface area (Å²) in [6, 6.07) is 21.3. The zero-order valence-electron chi connectivity index (χ0n) is 19.8. The highest BCUT2D eigenvalue weighted by Gasteiger charge is 2.30. The van der Waals surface area contributed by atoms with E-state index in [9.17, 15) is 18.0 Å². The fourth-order valence-corrected chi connectivity index (χ4v) is 4.64. The maximum atomic E-state index is 13.6. The summed E-state index contributed by atoms with van der Waals surface area (Å²) in [5, 5.41) is 4.43. The zero-order chi connectivity index (χ0) is 24.7. The molecule has 3 rings (SSSR count). The first-order chi connectivity index (χ1) is 16.2. The maximum absolute atomic E-state index is 13.6. The molecule has 0 bridgehead atoms. The summed E-state index contributed by atoms with van der Waals surface area (Å²) in [4.78, 5) is 27.7. The minimum atomic E-state index is -3.79. The van der Waals surface area contributed by atoms with E-state index in [0.29, 0.717) is 12.2 Å². The predicted octanol–water partition coefficient (Wildman–Crippen LogP) is 3.55. The number of carbonyl (C=O) groups excluding carboxylic acids is 2. The van der Waals surface area contributed by atoms with Crippen molar-refractivity contribution in [1.82, 2.24) is 10.2 Å². The summed E-state index contributed by atoms with van der Waals surface area (Å²) in [5.74, 6) is -0.733. The lowest BCUT2D eigenvalue weighted by Gasteiger charge is -2.31. The summed E-state index contributed by atoms with van der Waals surface area (Å²) in [7, 11) is -3.79. The molecule has 0 aliphatic carbocycles. The standard InChI is InChI=1S/C26H31N3O4S/c1-4-17-27-26(31)20(2)28(18-21-11-6-5-7-12-21)25(30)19-29(34(3,32)33)24-16-10-14-22-13-8-9-15-23(22)24/h5-16,20H,4,17-19H2,1-3H3,(H,27,31). The van der Waals surface area contributed by atoms with Crippen LogP contribution in [0.3, 0.4) is 0 Å². The molecule has 0 aliphatic heterocycles. The molecule has 1 N–H and O–H groups in total. The van der Waals surface area contributed by atoms with Gasteiger partial charge < -0.3 is 10.2 Å². The Morgan fingerprint density at radius 2 is 1.59 bits per heavy atom. The Kier molecular flexibility index (Phi) is 8.28. The minimum Gasteiger partial charge on any atom is -0.354 e. The SMILES string of the molecule is CCCNC(=O)C(C)N(Cc1ccccc1)C(=O)CN(c1cccc2ccccc12)S(C)(=O)=O. The van der Waals surface area contributed by atoms with Gasteiger partial charge in [-0.1, -0.05) is 73.7 Å². The molecule has 0 aromatic heterocycles. The van der Waals surface area contributed by atoms with Crippen LogP contribution < -0.4 is 9.62 Å². The van der Waals surface area contributed by atoms with Crippen LogP contribution >= 0.6 is 0 Å². The third kappa shape index (κ3) is 6.14. The highest BCUT2D eigenvalue weighted by atomic mass is 32.2. The lowest BCUT2D eigenvalue weighted by molar-refractivity contribution is -0.139. The van der Waals surface area contributed by atoms with Gasteiger partial charge in [-0.3, -0.25) is 13.9 Å². The molecule has 3 aromatic carbocycles. The number of benzene rings is 3. The molecule has 0 heterocycles. The van der Waals surface area contributed by atoms with Crippen LogP contribution in [-0.2, 0) is 26.2 Å². The van der Waals surface area contributed by atoms with Crippen molar-refractivity contribution < 1.29 is 18.0 Å². The quantitative estimate of drug-likeness (QED) is 0.480. The number of anilines is 1. The van der Waals surface area contributed by atoms with Crippen LogP contribution in [0.1, 0.15) is 25.8 Å². The summed E-state index contributed by atoms with van der Waals surface area (Å²) in [5.41, 5.74) is 1.28. The van der Waals surface area contributed by atoms with Crippen molar-refractivity contribution in [3.8, 4) is 0 Å². The van der Waals surface area contributed by atoms with Gasteiger partial charge in [0.05, 0.1) is 11.9 Å². The average Bonchev–Trinajstić information content (AvgIpc) is 2.83. The van der Waals surface area contributed by atoms with Crippen molar-refractivity contribution in [3.05, 3.63) is 78.4 Å². The Balaban J connectivity index is 1.96. The summed E-state index contributed by atoms with van der Waals surface area (Å²) >= 11 is 0. The third-order valence-electron chi connectivity index (χ3n) is 5.63. The number of amides is 2. The van der Waals surface area contributed by atoms with Gasteiger partial charge in [-0.2, -0.15) is 0 Å². The molecule has 180 valence electrons. The monoisotopic (exact) mass is 481 g/mol. The number of carbonyl (C=O) groups is 2. The van der Waals surface area contributed by atoms with Crippen LogP contribution in [0.2, 0.25) is 0 Å². The number of fused-ring (bicyclic) bond motifs is 1. The predicted molar refractivity (Wildman–Crippen MR) is 136 cm³/mol. The molecular weight excluding hydrogens is 450 g/mol. The summed E-state index contributed by atoms with van der Waals surface area (Å²) < 4.78 is 26.7. The molecule has 7 nitrogen and oxygen atoms in total. The molecule has 1 unspecified atom stereocenters. The molecule has 1 atom stereocenters. The van der Waals surface area contributed by atoms with E-state index in [0.717, 1.165) is 33.3 Å². The van der Waals surface area contributed by atoms with Crippen molar-refractivity contribution in [2.24, 2.45) is 0 Å². The maximum Gasteiger partial charge on any atom is 0.244 e. The van der Waals surface area contributed by atoms with E-state index in [1.54, 1.807) is 19.1 Å². The van der Waals surface area contributed by atoms with E-state index >= 15 is 0 Å². The van der Waals surface area contributed by atoms with Gasteiger partial charge in [0.1, 0.15) is 12.6 Å². The molecule has 2 amide bonds. The molecule has 0 saturated carbocycles. The first-order valence-corrected chi connectivity index (χ1v) is 13.1. The number of nitrogens with zero attached hydrogens (tertiary/aromatic N) is 2. The Hall–Kier alpha value is -3.39. The number of sulfonamides is 1. The second kappa shape index (κ2) is 11.2. The molecule has 0 aliphatic rings. The molecule has 3 aromatic rings.